The number of carbonyl (C=O) groups excluding carboxylic acids is 1. The van der Waals surface area contributed by atoms with Crippen molar-refractivity contribution in [3.05, 3.63) is 57.3 Å². The van der Waals surface area contributed by atoms with E-state index in [1.165, 1.54) is 39.9 Å². The van der Waals surface area contributed by atoms with Gasteiger partial charge in [-0.25, -0.2) is 8.42 Å². The van der Waals surface area contributed by atoms with Crippen LogP contribution in [-0.4, -0.2) is 36.3 Å². The van der Waals surface area contributed by atoms with Crippen molar-refractivity contribution < 1.29 is 13.2 Å². The lowest BCUT2D eigenvalue weighted by atomic mass is 10.2. The molecule has 0 aliphatic rings. The quantitative estimate of drug-likeness (QED) is 0.431. The molecule has 0 aliphatic heterocycles. The predicted molar refractivity (Wildman–Crippen MR) is 131 cm³/mol. The Morgan fingerprint density at radius 1 is 1.12 bits per heavy atom. The van der Waals surface area contributed by atoms with Gasteiger partial charge < -0.3 is 4.57 Å². The van der Waals surface area contributed by atoms with Crippen molar-refractivity contribution in [3.8, 4) is 0 Å². The van der Waals surface area contributed by atoms with Gasteiger partial charge in [-0.15, -0.1) is 0 Å². The van der Waals surface area contributed by atoms with E-state index in [0.717, 1.165) is 28.6 Å². The van der Waals surface area contributed by atoms with Crippen LogP contribution in [0.2, 0.25) is 5.02 Å². The molecule has 0 N–H and O–H groups in total. The summed E-state index contributed by atoms with van der Waals surface area (Å²) < 4.78 is 30.2. The number of halogens is 1. The molecule has 0 fully saturated rings. The van der Waals surface area contributed by atoms with E-state index in [2.05, 4.69) is 4.99 Å². The van der Waals surface area contributed by atoms with Crippen LogP contribution in [0, 0.1) is 6.92 Å². The molecule has 6 nitrogen and oxygen atoms in total. The number of sulfonamides is 1. The summed E-state index contributed by atoms with van der Waals surface area (Å²) in [6.07, 6.45) is 1.72. The van der Waals surface area contributed by atoms with Crippen LogP contribution < -0.4 is 4.80 Å². The smallest absolute Gasteiger partial charge is 0.279 e. The third-order valence-electron chi connectivity index (χ3n) is 5.40. The second-order valence-electron chi connectivity index (χ2n) is 7.44. The number of amides is 1. The summed E-state index contributed by atoms with van der Waals surface area (Å²) in [6, 6.07) is 9.80. The number of rotatable bonds is 8. The van der Waals surface area contributed by atoms with Crippen molar-refractivity contribution in [2.24, 2.45) is 4.99 Å². The van der Waals surface area contributed by atoms with Crippen LogP contribution in [-0.2, 0) is 16.6 Å². The summed E-state index contributed by atoms with van der Waals surface area (Å²) in [5, 5.41) is 0.673. The number of thiazole rings is 1. The minimum atomic E-state index is -3.58. The first-order valence-electron chi connectivity index (χ1n) is 10.7. The summed E-state index contributed by atoms with van der Waals surface area (Å²) in [7, 11) is -3.58. The summed E-state index contributed by atoms with van der Waals surface area (Å²) >= 11 is 7.71. The van der Waals surface area contributed by atoms with Crippen molar-refractivity contribution in [2.45, 2.75) is 52.0 Å². The van der Waals surface area contributed by atoms with Gasteiger partial charge >= 0.3 is 0 Å². The molecule has 1 amide bonds. The maximum atomic E-state index is 12.9. The molecule has 3 aromatic rings. The number of aryl methyl sites for hydroxylation is 2. The third kappa shape index (κ3) is 4.83. The van der Waals surface area contributed by atoms with Crippen molar-refractivity contribution in [1.29, 1.82) is 0 Å². The molecule has 0 saturated carbocycles. The molecular formula is C23H28ClN3O3S2. The average molecular weight is 494 g/mol. The van der Waals surface area contributed by atoms with Gasteiger partial charge in [0.2, 0.25) is 10.0 Å². The number of hydrogen-bond donors (Lipinski definition) is 0. The predicted octanol–water partition coefficient (Wildman–Crippen LogP) is 5.24. The van der Waals surface area contributed by atoms with Crippen molar-refractivity contribution in [2.75, 3.05) is 13.1 Å². The lowest BCUT2D eigenvalue weighted by molar-refractivity contribution is 0.0997. The van der Waals surface area contributed by atoms with Gasteiger partial charge in [0.25, 0.3) is 5.91 Å². The number of carbonyl (C=O) groups is 1. The molecule has 3 rings (SSSR count). The number of benzene rings is 2. The minimum absolute atomic E-state index is 0.183. The van der Waals surface area contributed by atoms with Crippen molar-refractivity contribution in [3.63, 3.8) is 0 Å². The standard InChI is InChI=1S/C23H28ClN3O3S2/c1-5-8-15-26(6-2)32(29,30)18-11-9-17(10-12-18)22(28)25-23-27(7-3)21-16(4)19(24)13-14-20(21)31-23/h9-14H,5-8,15H2,1-4H3. The lowest BCUT2D eigenvalue weighted by Crippen LogP contribution is -2.31. The zero-order valence-electron chi connectivity index (χ0n) is 18.8. The first-order valence-corrected chi connectivity index (χ1v) is 13.4. The lowest BCUT2D eigenvalue weighted by Gasteiger charge is -2.20. The second kappa shape index (κ2) is 10.3. The number of hydrogen-bond acceptors (Lipinski definition) is 4. The third-order valence-corrected chi connectivity index (χ3v) is 8.84. The van der Waals surface area contributed by atoms with E-state index in [9.17, 15) is 13.2 Å². The van der Waals surface area contributed by atoms with Gasteiger partial charge in [-0.3, -0.25) is 4.79 Å². The van der Waals surface area contributed by atoms with E-state index in [-0.39, 0.29) is 4.90 Å². The van der Waals surface area contributed by atoms with E-state index in [1.54, 1.807) is 0 Å². The highest BCUT2D eigenvalue weighted by Crippen LogP contribution is 2.27. The largest absolute Gasteiger partial charge is 0.316 e. The maximum Gasteiger partial charge on any atom is 0.279 e. The van der Waals surface area contributed by atoms with E-state index in [0.29, 0.717) is 35.0 Å². The van der Waals surface area contributed by atoms with Gasteiger partial charge in [0.15, 0.2) is 4.80 Å². The Morgan fingerprint density at radius 2 is 1.81 bits per heavy atom. The summed E-state index contributed by atoms with van der Waals surface area (Å²) in [4.78, 5) is 17.9. The molecule has 9 heteroatoms. The molecule has 0 radical (unpaired) electrons. The highest BCUT2D eigenvalue weighted by molar-refractivity contribution is 7.89. The molecule has 32 heavy (non-hydrogen) atoms. The Kier molecular flexibility index (Phi) is 7.92. The number of fused-ring (bicyclic) bond motifs is 1. The maximum absolute atomic E-state index is 12.9. The molecule has 0 atom stereocenters. The van der Waals surface area contributed by atoms with Crippen LogP contribution in [0.3, 0.4) is 0 Å². The fraction of sp³-hybridized carbons (Fsp3) is 0.391. The molecule has 0 bridgehead atoms. The number of aromatic nitrogens is 1. The Hall–Kier alpha value is -2.00. The Balaban J connectivity index is 1.95. The molecule has 1 heterocycles. The van der Waals surface area contributed by atoms with Crippen LogP contribution in [0.5, 0.6) is 0 Å². The van der Waals surface area contributed by atoms with Gasteiger partial charge in [0.05, 0.1) is 15.1 Å². The molecule has 2 aromatic carbocycles. The van der Waals surface area contributed by atoms with Crippen molar-refractivity contribution >= 4 is 49.1 Å². The van der Waals surface area contributed by atoms with Crippen LogP contribution in [0.1, 0.15) is 49.5 Å². The van der Waals surface area contributed by atoms with E-state index >= 15 is 0 Å². The molecular weight excluding hydrogens is 466 g/mol. The van der Waals surface area contributed by atoms with E-state index < -0.39 is 15.9 Å². The Bertz CT molecular complexity index is 1290. The first-order chi connectivity index (χ1) is 15.2. The minimum Gasteiger partial charge on any atom is -0.316 e. The number of unbranched alkanes of at least 4 members (excludes halogenated alkanes) is 1. The summed E-state index contributed by atoms with van der Waals surface area (Å²) in [5.41, 5.74) is 2.27. The summed E-state index contributed by atoms with van der Waals surface area (Å²) in [6.45, 7) is 9.34. The molecule has 172 valence electrons. The zero-order valence-corrected chi connectivity index (χ0v) is 21.1. The van der Waals surface area contributed by atoms with E-state index in [4.69, 9.17) is 11.6 Å². The Labute approximate surface area is 198 Å². The van der Waals surface area contributed by atoms with Crippen molar-refractivity contribution in [1.82, 2.24) is 8.87 Å². The van der Waals surface area contributed by atoms with Crippen LogP contribution in [0.4, 0.5) is 0 Å². The first kappa shape index (κ1) is 24.6. The van der Waals surface area contributed by atoms with Gasteiger partial charge in [0, 0.05) is 30.2 Å². The normalized spacial score (nSPS) is 12.8. The fourth-order valence-electron chi connectivity index (χ4n) is 3.55. The SMILES string of the molecule is CCCCN(CC)S(=O)(=O)c1ccc(C(=O)N=c2sc3ccc(Cl)c(C)c3n2CC)cc1. The summed E-state index contributed by atoms with van der Waals surface area (Å²) in [5.74, 6) is -0.412. The van der Waals surface area contributed by atoms with Gasteiger partial charge in [-0.05, 0) is 62.2 Å². The van der Waals surface area contributed by atoms with Gasteiger partial charge in [-0.1, -0.05) is 43.2 Å². The van der Waals surface area contributed by atoms with Crippen LogP contribution in [0.15, 0.2) is 46.3 Å². The van der Waals surface area contributed by atoms with Crippen LogP contribution >= 0.6 is 22.9 Å². The molecule has 0 aliphatic carbocycles. The molecule has 0 unspecified atom stereocenters. The topological polar surface area (TPSA) is 71.7 Å². The Morgan fingerprint density at radius 3 is 2.41 bits per heavy atom. The second-order valence-corrected chi connectivity index (χ2v) is 10.8. The monoisotopic (exact) mass is 493 g/mol. The van der Waals surface area contributed by atoms with Gasteiger partial charge in [-0.2, -0.15) is 9.30 Å². The average Bonchev–Trinajstić information content (AvgIpc) is 3.14. The fourth-order valence-corrected chi connectivity index (χ4v) is 6.34. The molecule has 0 spiro atoms. The zero-order chi connectivity index (χ0) is 23.5. The molecule has 1 aromatic heterocycles. The molecule has 0 saturated heterocycles. The van der Waals surface area contributed by atoms with Crippen LogP contribution in [0.25, 0.3) is 10.2 Å². The number of nitrogens with zero attached hydrogens (tertiary/aromatic N) is 3. The van der Waals surface area contributed by atoms with Gasteiger partial charge in [0.1, 0.15) is 0 Å². The highest BCUT2D eigenvalue weighted by atomic mass is 35.5. The van der Waals surface area contributed by atoms with E-state index in [1.807, 2.05) is 44.4 Å². The highest BCUT2D eigenvalue weighted by Gasteiger charge is 2.22.